The number of nitrogens with one attached hydrogen (secondary N) is 3. The molecule has 0 saturated heterocycles. The van der Waals surface area contributed by atoms with Gasteiger partial charge in [-0.15, -0.1) is 0 Å². The van der Waals surface area contributed by atoms with Gasteiger partial charge < -0.3 is 16.0 Å². The first kappa shape index (κ1) is 48.2. The van der Waals surface area contributed by atoms with Gasteiger partial charge in [-0.2, -0.15) is 0 Å². The van der Waals surface area contributed by atoms with Crippen molar-refractivity contribution >= 4 is 41.0 Å². The van der Waals surface area contributed by atoms with E-state index in [9.17, 15) is 14.4 Å². The summed E-state index contributed by atoms with van der Waals surface area (Å²) in [6, 6.07) is 28.5. The molecule has 4 aromatic carbocycles. The van der Waals surface area contributed by atoms with Gasteiger partial charge in [0.1, 0.15) is 6.04 Å². The molecule has 1 atom stereocenters. The molecule has 3 amide bonds. The van der Waals surface area contributed by atoms with Crippen molar-refractivity contribution in [1.82, 2.24) is 16.0 Å². The number of rotatable bonds is 16. The van der Waals surface area contributed by atoms with Crippen LogP contribution in [0.2, 0.25) is 0 Å². The number of carbonyl (C=O) groups is 3. The molecule has 2 aliphatic rings. The Bertz CT molecular complexity index is 2380. The summed E-state index contributed by atoms with van der Waals surface area (Å²) in [6.45, 7) is 26.2. The molecule has 0 saturated carbocycles. The van der Waals surface area contributed by atoms with Gasteiger partial charge >= 0.3 is 0 Å². The molecular formula is C58H75N3O3. The first-order chi connectivity index (χ1) is 30.2. The van der Waals surface area contributed by atoms with Gasteiger partial charge in [-0.1, -0.05) is 142 Å². The lowest BCUT2D eigenvalue weighted by Crippen LogP contribution is -2.47. The fourth-order valence-electron chi connectivity index (χ4n) is 9.60. The lowest BCUT2D eigenvalue weighted by Gasteiger charge is -2.42. The highest BCUT2D eigenvalue weighted by Gasteiger charge is 2.38. The number of benzene rings is 4. The predicted molar refractivity (Wildman–Crippen MR) is 269 cm³/mol. The Morgan fingerprint density at radius 3 is 1.38 bits per heavy atom. The van der Waals surface area contributed by atoms with Crippen molar-refractivity contribution in [1.29, 1.82) is 0 Å². The van der Waals surface area contributed by atoms with Gasteiger partial charge in [0.25, 0.3) is 11.8 Å². The van der Waals surface area contributed by atoms with Gasteiger partial charge in [0.15, 0.2) is 0 Å². The Morgan fingerprint density at radius 2 is 0.922 bits per heavy atom. The average Bonchev–Trinajstić information content (AvgIpc) is 3.26. The summed E-state index contributed by atoms with van der Waals surface area (Å²) in [7, 11) is 0. The Balaban J connectivity index is 1.01. The molecule has 6 heteroatoms. The maximum absolute atomic E-state index is 13.5. The van der Waals surface area contributed by atoms with Gasteiger partial charge in [0, 0.05) is 24.2 Å². The maximum atomic E-state index is 13.5. The summed E-state index contributed by atoms with van der Waals surface area (Å²) in [5.41, 5.74) is 14.4. The summed E-state index contributed by atoms with van der Waals surface area (Å²) in [6.07, 6.45) is 12.7. The highest BCUT2D eigenvalue weighted by atomic mass is 16.2. The Hall–Kier alpha value is -5.23. The first-order valence-corrected chi connectivity index (χ1v) is 23.9. The third kappa shape index (κ3) is 11.5. The van der Waals surface area contributed by atoms with Crippen molar-refractivity contribution in [3.63, 3.8) is 0 Å². The van der Waals surface area contributed by atoms with Crippen LogP contribution < -0.4 is 16.0 Å². The zero-order valence-corrected chi connectivity index (χ0v) is 40.8. The summed E-state index contributed by atoms with van der Waals surface area (Å²) in [5.74, 6) is -0.584. The van der Waals surface area contributed by atoms with Crippen LogP contribution in [-0.2, 0) is 26.5 Å². The molecule has 1 unspecified atom stereocenters. The predicted octanol–water partition coefficient (Wildman–Crippen LogP) is 13.1. The van der Waals surface area contributed by atoms with E-state index in [1.807, 2.05) is 48.5 Å². The number of fused-ring (bicyclic) bond motifs is 2. The summed E-state index contributed by atoms with van der Waals surface area (Å²) in [5, 5.41) is 9.05. The lowest BCUT2D eigenvalue weighted by atomic mass is 9.63. The number of hydrogen-bond donors (Lipinski definition) is 3. The van der Waals surface area contributed by atoms with Crippen LogP contribution in [0.15, 0.2) is 84.9 Å². The molecule has 6 rings (SSSR count). The number of amides is 3. The second-order valence-corrected chi connectivity index (χ2v) is 21.4. The minimum atomic E-state index is -0.677. The van der Waals surface area contributed by atoms with E-state index in [1.165, 1.54) is 70.2 Å². The van der Waals surface area contributed by atoms with E-state index in [4.69, 9.17) is 0 Å². The molecule has 64 heavy (non-hydrogen) atoms. The van der Waals surface area contributed by atoms with E-state index < -0.39 is 6.04 Å². The molecule has 6 nitrogen and oxygen atoms in total. The standard InChI is InChI=1S/C58H75N3O3/c1-12-13-33-60-54(64)51(61-53(63)44-23-19-42(20-24-44)36-40(3)46-26-28-48-50(38-46)58(10,11)32-30-56(48,6)7)16-14-15-34-59-52(62)43-21-17-41(18-22-43)35-39(2)45-25-27-47-49(37-45)57(8,9)31-29-55(47,4)5/h17-28,35-38,51H,12-16,29-34H2,1-11H3,(H,59,62)(H,60,64)(H,61,63)/b39-35+,40-36+. The zero-order chi connectivity index (χ0) is 46.5. The van der Waals surface area contributed by atoms with Crippen molar-refractivity contribution in [3.05, 3.63) is 141 Å². The number of allylic oxidation sites excluding steroid dienone is 2. The third-order valence-electron chi connectivity index (χ3n) is 14.4. The molecule has 0 radical (unpaired) electrons. The van der Waals surface area contributed by atoms with Gasteiger partial charge in [0.05, 0.1) is 0 Å². The smallest absolute Gasteiger partial charge is 0.251 e. The molecule has 0 aromatic heterocycles. The first-order valence-electron chi connectivity index (χ1n) is 23.9. The molecule has 0 bridgehead atoms. The van der Waals surface area contributed by atoms with Crippen molar-refractivity contribution in [2.75, 3.05) is 13.1 Å². The molecule has 340 valence electrons. The molecule has 0 aliphatic heterocycles. The molecule has 2 aliphatic carbocycles. The number of carbonyl (C=O) groups excluding carboxylic acids is 3. The minimum absolute atomic E-state index is 0.127. The normalized spacial score (nSPS) is 17.7. The highest BCUT2D eigenvalue weighted by molar-refractivity contribution is 5.98. The lowest BCUT2D eigenvalue weighted by molar-refractivity contribution is -0.123. The monoisotopic (exact) mass is 862 g/mol. The summed E-state index contributed by atoms with van der Waals surface area (Å²) in [4.78, 5) is 39.9. The van der Waals surface area contributed by atoms with Gasteiger partial charge in [-0.25, -0.2) is 0 Å². The van der Waals surface area contributed by atoms with Crippen molar-refractivity contribution in [2.24, 2.45) is 0 Å². The van der Waals surface area contributed by atoms with Crippen LogP contribution in [0.5, 0.6) is 0 Å². The molecule has 0 heterocycles. The molecule has 3 N–H and O–H groups in total. The van der Waals surface area contributed by atoms with E-state index in [0.29, 0.717) is 43.5 Å². The number of hydrogen-bond acceptors (Lipinski definition) is 3. The Morgan fingerprint density at radius 1 is 0.516 bits per heavy atom. The van der Waals surface area contributed by atoms with Crippen LogP contribution >= 0.6 is 0 Å². The third-order valence-corrected chi connectivity index (χ3v) is 14.4. The largest absolute Gasteiger partial charge is 0.354 e. The maximum Gasteiger partial charge on any atom is 0.251 e. The van der Waals surface area contributed by atoms with Crippen molar-refractivity contribution in [2.45, 2.75) is 162 Å². The zero-order valence-electron chi connectivity index (χ0n) is 40.8. The van der Waals surface area contributed by atoms with E-state index >= 15 is 0 Å². The van der Waals surface area contributed by atoms with Crippen LogP contribution in [-0.4, -0.2) is 36.9 Å². The Kier molecular flexibility index (Phi) is 15.0. The van der Waals surface area contributed by atoms with E-state index in [2.05, 4.69) is 141 Å². The second-order valence-electron chi connectivity index (χ2n) is 21.4. The minimum Gasteiger partial charge on any atom is -0.354 e. The molecule has 0 fully saturated rings. The summed E-state index contributed by atoms with van der Waals surface area (Å²) < 4.78 is 0. The van der Waals surface area contributed by atoms with Crippen molar-refractivity contribution in [3.8, 4) is 0 Å². The van der Waals surface area contributed by atoms with Crippen LogP contribution in [0, 0.1) is 0 Å². The van der Waals surface area contributed by atoms with Crippen LogP contribution in [0.3, 0.4) is 0 Å². The fraction of sp³-hybridized carbons (Fsp3) is 0.466. The summed E-state index contributed by atoms with van der Waals surface area (Å²) >= 11 is 0. The van der Waals surface area contributed by atoms with E-state index in [0.717, 1.165) is 24.0 Å². The molecule has 4 aromatic rings. The highest BCUT2D eigenvalue weighted by Crippen LogP contribution is 2.47. The van der Waals surface area contributed by atoms with Crippen LogP contribution in [0.25, 0.3) is 23.3 Å². The topological polar surface area (TPSA) is 87.3 Å². The second kappa shape index (κ2) is 19.9. The van der Waals surface area contributed by atoms with E-state index in [-0.39, 0.29) is 39.4 Å². The fourth-order valence-corrected chi connectivity index (χ4v) is 9.60. The van der Waals surface area contributed by atoms with E-state index in [1.54, 1.807) is 0 Å². The molecular weight excluding hydrogens is 787 g/mol. The van der Waals surface area contributed by atoms with Crippen LogP contribution in [0.4, 0.5) is 0 Å². The quantitative estimate of drug-likeness (QED) is 0.0774. The van der Waals surface area contributed by atoms with Crippen molar-refractivity contribution < 1.29 is 14.4 Å². The molecule has 0 spiro atoms. The average molecular weight is 862 g/mol. The number of unbranched alkanes of at least 4 members (excludes halogenated alkanes) is 2. The van der Waals surface area contributed by atoms with Gasteiger partial charge in [-0.05, 0) is 167 Å². The van der Waals surface area contributed by atoms with Gasteiger partial charge in [-0.3, -0.25) is 14.4 Å². The van der Waals surface area contributed by atoms with Gasteiger partial charge in [0.2, 0.25) is 5.91 Å². The SMILES string of the molecule is CCCCNC(=O)C(CCCCNC(=O)c1ccc(/C=C(\C)c2ccc3c(c2)C(C)(C)CCC3(C)C)cc1)NC(=O)c1ccc(/C=C(\C)c2ccc3c(c2)C(C)(C)CCC3(C)C)cc1. The Labute approximate surface area is 385 Å². The van der Waals surface area contributed by atoms with Crippen LogP contribution in [0.1, 0.15) is 199 Å².